The highest BCUT2D eigenvalue weighted by Gasteiger charge is 2.10. The summed E-state index contributed by atoms with van der Waals surface area (Å²) in [6, 6.07) is 12.9. The number of hydrogen-bond donors (Lipinski definition) is 1. The third-order valence-corrected chi connectivity index (χ3v) is 3.73. The molecule has 0 radical (unpaired) electrons. The lowest BCUT2D eigenvalue weighted by Crippen LogP contribution is -2.08. The van der Waals surface area contributed by atoms with Crippen molar-refractivity contribution in [2.75, 3.05) is 21.3 Å². The third kappa shape index (κ3) is 2.73. The molecule has 0 atom stereocenters. The van der Waals surface area contributed by atoms with E-state index in [-0.39, 0.29) is 5.56 Å². The molecule has 118 valence electrons. The summed E-state index contributed by atoms with van der Waals surface area (Å²) >= 11 is 0. The SMILES string of the molecule is COc1cccc(-c2cc3cc(OC)c(OC)cc3c(=O)[nH]2)c1. The van der Waals surface area contributed by atoms with Gasteiger partial charge in [-0.2, -0.15) is 0 Å². The van der Waals surface area contributed by atoms with Crippen LogP contribution in [-0.2, 0) is 0 Å². The smallest absolute Gasteiger partial charge is 0.256 e. The normalized spacial score (nSPS) is 10.6. The molecule has 1 heterocycles. The minimum absolute atomic E-state index is 0.179. The second-order valence-electron chi connectivity index (χ2n) is 5.04. The Bertz CT molecular complexity index is 915. The number of rotatable bonds is 4. The van der Waals surface area contributed by atoms with E-state index in [1.54, 1.807) is 33.5 Å². The van der Waals surface area contributed by atoms with E-state index < -0.39 is 0 Å². The van der Waals surface area contributed by atoms with Crippen molar-refractivity contribution in [2.45, 2.75) is 0 Å². The molecule has 2 aromatic carbocycles. The van der Waals surface area contributed by atoms with Gasteiger partial charge in [0, 0.05) is 11.3 Å². The average Bonchev–Trinajstić information content (AvgIpc) is 2.60. The number of aromatic amines is 1. The lowest BCUT2D eigenvalue weighted by Gasteiger charge is -2.10. The fourth-order valence-corrected chi connectivity index (χ4v) is 2.54. The van der Waals surface area contributed by atoms with E-state index in [9.17, 15) is 4.79 Å². The van der Waals surface area contributed by atoms with Crippen molar-refractivity contribution in [1.29, 1.82) is 0 Å². The zero-order valence-corrected chi connectivity index (χ0v) is 13.2. The molecule has 3 rings (SSSR count). The van der Waals surface area contributed by atoms with E-state index in [1.807, 2.05) is 30.3 Å². The van der Waals surface area contributed by atoms with Crippen LogP contribution in [0.2, 0.25) is 0 Å². The number of pyridine rings is 1. The van der Waals surface area contributed by atoms with Gasteiger partial charge in [-0.1, -0.05) is 12.1 Å². The summed E-state index contributed by atoms with van der Waals surface area (Å²) in [4.78, 5) is 15.3. The van der Waals surface area contributed by atoms with E-state index in [1.165, 1.54) is 0 Å². The zero-order chi connectivity index (χ0) is 16.4. The van der Waals surface area contributed by atoms with Crippen LogP contribution in [0.1, 0.15) is 0 Å². The number of benzene rings is 2. The van der Waals surface area contributed by atoms with Gasteiger partial charge < -0.3 is 19.2 Å². The number of fused-ring (bicyclic) bond motifs is 1. The van der Waals surface area contributed by atoms with Crippen molar-refractivity contribution in [3.05, 3.63) is 52.8 Å². The first-order chi connectivity index (χ1) is 11.2. The maximum Gasteiger partial charge on any atom is 0.256 e. The summed E-state index contributed by atoms with van der Waals surface area (Å²) in [5, 5.41) is 1.33. The molecule has 0 spiro atoms. The molecule has 23 heavy (non-hydrogen) atoms. The third-order valence-electron chi connectivity index (χ3n) is 3.73. The van der Waals surface area contributed by atoms with E-state index in [0.29, 0.717) is 22.6 Å². The van der Waals surface area contributed by atoms with E-state index in [4.69, 9.17) is 14.2 Å². The number of aromatic nitrogens is 1. The van der Waals surface area contributed by atoms with Crippen molar-refractivity contribution < 1.29 is 14.2 Å². The van der Waals surface area contributed by atoms with Gasteiger partial charge in [0.15, 0.2) is 11.5 Å². The molecule has 0 amide bonds. The lowest BCUT2D eigenvalue weighted by atomic mass is 10.1. The van der Waals surface area contributed by atoms with E-state index >= 15 is 0 Å². The summed E-state index contributed by atoms with van der Waals surface area (Å²) in [5.41, 5.74) is 1.41. The van der Waals surface area contributed by atoms with Gasteiger partial charge in [-0.3, -0.25) is 4.79 Å². The average molecular weight is 311 g/mol. The molecule has 3 aromatic rings. The highest BCUT2D eigenvalue weighted by Crippen LogP contribution is 2.32. The van der Waals surface area contributed by atoms with Crippen LogP contribution in [0.15, 0.2) is 47.3 Å². The molecule has 0 aliphatic heterocycles. The van der Waals surface area contributed by atoms with Crippen LogP contribution in [0, 0.1) is 0 Å². The molecule has 0 saturated heterocycles. The Hall–Kier alpha value is -2.95. The maximum atomic E-state index is 12.4. The number of nitrogens with one attached hydrogen (secondary N) is 1. The number of hydrogen-bond acceptors (Lipinski definition) is 4. The van der Waals surface area contributed by atoms with Gasteiger partial charge in [-0.15, -0.1) is 0 Å². The Balaban J connectivity index is 2.22. The summed E-state index contributed by atoms with van der Waals surface area (Å²) in [7, 11) is 4.72. The lowest BCUT2D eigenvalue weighted by molar-refractivity contribution is 0.356. The highest BCUT2D eigenvalue weighted by molar-refractivity contribution is 5.88. The van der Waals surface area contributed by atoms with Crippen molar-refractivity contribution in [3.63, 3.8) is 0 Å². The number of ether oxygens (including phenoxy) is 3. The Kier molecular flexibility index (Phi) is 3.93. The van der Waals surface area contributed by atoms with Gasteiger partial charge in [0.2, 0.25) is 0 Å². The minimum atomic E-state index is -0.179. The molecule has 1 aromatic heterocycles. The second-order valence-corrected chi connectivity index (χ2v) is 5.04. The zero-order valence-electron chi connectivity index (χ0n) is 13.2. The molecule has 0 aliphatic carbocycles. The minimum Gasteiger partial charge on any atom is -0.497 e. The molecule has 0 unspecified atom stereocenters. The Morgan fingerprint density at radius 1 is 0.870 bits per heavy atom. The molecule has 0 saturated carbocycles. The van der Waals surface area contributed by atoms with Gasteiger partial charge >= 0.3 is 0 Å². The summed E-state index contributed by atoms with van der Waals surface area (Å²) in [6.07, 6.45) is 0. The van der Waals surface area contributed by atoms with Crippen LogP contribution < -0.4 is 19.8 Å². The van der Waals surface area contributed by atoms with Gasteiger partial charge in [-0.25, -0.2) is 0 Å². The van der Waals surface area contributed by atoms with Crippen LogP contribution >= 0.6 is 0 Å². The second kappa shape index (κ2) is 6.04. The Morgan fingerprint density at radius 3 is 2.30 bits per heavy atom. The summed E-state index contributed by atoms with van der Waals surface area (Å²) in [5.74, 6) is 1.84. The highest BCUT2D eigenvalue weighted by atomic mass is 16.5. The van der Waals surface area contributed by atoms with Crippen LogP contribution in [0.4, 0.5) is 0 Å². The molecular formula is C18H17NO4. The van der Waals surface area contributed by atoms with Crippen molar-refractivity contribution in [2.24, 2.45) is 0 Å². The largest absolute Gasteiger partial charge is 0.497 e. The van der Waals surface area contributed by atoms with Gasteiger partial charge in [-0.05, 0) is 35.7 Å². The predicted molar refractivity (Wildman–Crippen MR) is 89.7 cm³/mol. The molecule has 1 N–H and O–H groups in total. The topological polar surface area (TPSA) is 60.6 Å². The fourth-order valence-electron chi connectivity index (χ4n) is 2.54. The molecular weight excluding hydrogens is 294 g/mol. The Morgan fingerprint density at radius 2 is 1.61 bits per heavy atom. The van der Waals surface area contributed by atoms with Crippen molar-refractivity contribution in [1.82, 2.24) is 4.98 Å². The predicted octanol–water partition coefficient (Wildman–Crippen LogP) is 3.22. The van der Waals surface area contributed by atoms with E-state index in [0.717, 1.165) is 16.7 Å². The van der Waals surface area contributed by atoms with Gasteiger partial charge in [0.05, 0.1) is 26.7 Å². The summed E-state index contributed by atoms with van der Waals surface area (Å²) < 4.78 is 15.8. The van der Waals surface area contributed by atoms with Gasteiger partial charge in [0.1, 0.15) is 5.75 Å². The number of H-pyrrole nitrogens is 1. The van der Waals surface area contributed by atoms with Crippen LogP contribution in [0.5, 0.6) is 17.2 Å². The first kappa shape index (κ1) is 15.0. The standard InChI is InChI=1S/C18H17NO4/c1-21-13-6-4-5-11(7-13)15-8-12-9-16(22-2)17(23-3)10-14(12)18(20)19-15/h4-10H,1-3H3,(H,19,20). The Labute approximate surface area is 133 Å². The fraction of sp³-hybridized carbons (Fsp3) is 0.167. The first-order valence-electron chi connectivity index (χ1n) is 7.09. The molecule has 0 bridgehead atoms. The molecule has 0 fully saturated rings. The van der Waals surface area contributed by atoms with Crippen molar-refractivity contribution >= 4 is 10.8 Å². The molecule has 5 nitrogen and oxygen atoms in total. The van der Waals surface area contributed by atoms with Crippen molar-refractivity contribution in [3.8, 4) is 28.5 Å². The molecule has 0 aliphatic rings. The van der Waals surface area contributed by atoms with Gasteiger partial charge in [0.25, 0.3) is 5.56 Å². The monoisotopic (exact) mass is 311 g/mol. The number of methoxy groups -OCH3 is 3. The molecule has 5 heteroatoms. The van der Waals surface area contributed by atoms with Crippen LogP contribution in [0.25, 0.3) is 22.0 Å². The first-order valence-corrected chi connectivity index (χ1v) is 7.09. The quantitative estimate of drug-likeness (QED) is 0.803. The van der Waals surface area contributed by atoms with E-state index in [2.05, 4.69) is 4.98 Å². The van der Waals surface area contributed by atoms with Crippen LogP contribution in [0.3, 0.4) is 0 Å². The maximum absolute atomic E-state index is 12.4. The summed E-state index contributed by atoms with van der Waals surface area (Å²) in [6.45, 7) is 0. The van der Waals surface area contributed by atoms with Crippen LogP contribution in [-0.4, -0.2) is 26.3 Å².